The van der Waals surface area contributed by atoms with E-state index in [9.17, 15) is 0 Å². The molecule has 0 nitrogen and oxygen atoms in total. The van der Waals surface area contributed by atoms with Gasteiger partial charge < -0.3 is 0 Å². The van der Waals surface area contributed by atoms with Crippen LogP contribution < -0.4 is 0 Å². The van der Waals surface area contributed by atoms with Crippen LogP contribution in [0, 0.1) is 0 Å². The molecular formula is C3H7Si. The first-order valence-electron chi connectivity index (χ1n) is 1.000. The Morgan fingerprint density at radius 1 is 1.25 bits per heavy atom. The van der Waals surface area contributed by atoms with E-state index in [2.05, 4.69) is 23.4 Å². The predicted octanol–water partition coefficient (Wildman–Crippen LogP) is 1.01. The van der Waals surface area contributed by atoms with Gasteiger partial charge in [0.25, 0.3) is 0 Å². The Bertz CT molecular complexity index is 3.25. The summed E-state index contributed by atoms with van der Waals surface area (Å²) in [6, 6.07) is 0. The Kier molecular flexibility index (Phi) is 13800. The van der Waals surface area contributed by atoms with Gasteiger partial charge in [-0.2, -0.15) is 0 Å². The van der Waals surface area contributed by atoms with E-state index in [1.807, 2.05) is 0 Å². The summed E-state index contributed by atoms with van der Waals surface area (Å²) in [6.07, 6.45) is 0. The summed E-state index contributed by atoms with van der Waals surface area (Å²) < 4.78 is 0. The van der Waals surface area contributed by atoms with Gasteiger partial charge in [0.1, 0.15) is 0 Å². The van der Waals surface area contributed by atoms with Gasteiger partial charge in [-0.25, -0.2) is 0 Å². The van der Waals surface area contributed by atoms with Crippen LogP contribution in [0.2, 0.25) is 6.55 Å². The van der Waals surface area contributed by atoms with Gasteiger partial charge in [-0.1, -0.05) is 6.55 Å². The van der Waals surface area contributed by atoms with Crippen LogP contribution in [0.5, 0.6) is 0 Å². The Morgan fingerprint density at radius 3 is 1.25 bits per heavy atom. The topological polar surface area (TPSA) is 0 Å². The van der Waals surface area contributed by atoms with Gasteiger partial charge >= 0.3 is 0 Å². The molecule has 0 aliphatic rings. The Balaban J connectivity index is 0. The normalized spacial score (nSPS) is 2.50. The highest BCUT2D eigenvalue weighted by Crippen LogP contribution is 0.960. The smallest absolute Gasteiger partial charge is 0.0184 e. The van der Waals surface area contributed by atoms with Crippen LogP contribution in [0.1, 0.15) is 0 Å². The van der Waals surface area contributed by atoms with Crippen LogP contribution in [0.3, 0.4) is 0 Å². The first kappa shape index (κ1) is 9.03. The summed E-state index contributed by atoms with van der Waals surface area (Å²) in [6.45, 7) is 7.81. The van der Waals surface area contributed by atoms with Crippen molar-refractivity contribution in [2.75, 3.05) is 0 Å². The molecule has 0 bridgehead atoms. The first-order valence-corrected chi connectivity index (χ1v) is 2.00. The number of hydrogen-bond acceptors (Lipinski definition) is 0. The molecule has 0 unspecified atom stereocenters. The highest BCUT2D eigenvalue weighted by Gasteiger charge is 0.972. The summed E-state index contributed by atoms with van der Waals surface area (Å²) >= 11 is 0. The quantitative estimate of drug-likeness (QED) is 0.295. The molecular weight excluding hydrogens is 64.1 g/mol. The van der Waals surface area contributed by atoms with Gasteiger partial charge in [-0.15, -0.1) is 13.2 Å². The van der Waals surface area contributed by atoms with E-state index < -0.39 is 0 Å². The summed E-state index contributed by atoms with van der Waals surface area (Å²) in [5.74, 6) is 0. The molecule has 0 amide bonds. The zero-order valence-electron chi connectivity index (χ0n) is 2.91. The zero-order valence-corrected chi connectivity index (χ0v) is 3.91. The lowest BCUT2D eigenvalue weighted by atomic mass is 11.3. The van der Waals surface area contributed by atoms with Crippen molar-refractivity contribution in [3.8, 4) is 0 Å². The van der Waals surface area contributed by atoms with E-state index in [0.29, 0.717) is 0 Å². The Labute approximate surface area is 31.0 Å². The van der Waals surface area contributed by atoms with Gasteiger partial charge in [-0.05, 0) is 0 Å². The van der Waals surface area contributed by atoms with Crippen molar-refractivity contribution in [1.29, 1.82) is 0 Å². The van der Waals surface area contributed by atoms with Crippen LogP contribution in [0.25, 0.3) is 0 Å². The predicted molar refractivity (Wildman–Crippen MR) is 22.9 cm³/mol. The molecule has 23 valence electrons. The SMILES string of the molecule is C=C.C[Si]. The highest BCUT2D eigenvalue weighted by atomic mass is 28.1. The van der Waals surface area contributed by atoms with E-state index in [1.165, 1.54) is 0 Å². The lowest BCUT2D eigenvalue weighted by Crippen LogP contribution is -1.13. The third-order valence-electron chi connectivity index (χ3n) is 0. The molecule has 0 aromatic heterocycles. The minimum absolute atomic E-state index is 1.81. The number of hydrogen-bond donors (Lipinski definition) is 0. The molecule has 0 spiro atoms. The molecule has 0 aliphatic heterocycles. The molecule has 0 heterocycles. The largest absolute Gasteiger partial charge is 0.106 e. The average molecular weight is 71.2 g/mol. The van der Waals surface area contributed by atoms with E-state index in [0.717, 1.165) is 0 Å². The van der Waals surface area contributed by atoms with E-state index in [-0.39, 0.29) is 0 Å². The van der Waals surface area contributed by atoms with Crippen molar-refractivity contribution in [1.82, 2.24) is 0 Å². The van der Waals surface area contributed by atoms with Crippen LogP contribution in [-0.4, -0.2) is 10.2 Å². The van der Waals surface area contributed by atoms with Crippen LogP contribution in [-0.2, 0) is 0 Å². The van der Waals surface area contributed by atoms with Gasteiger partial charge in [0, 0.05) is 10.2 Å². The summed E-state index contributed by atoms with van der Waals surface area (Å²) in [7, 11) is 2.97. The molecule has 1 heteroatoms. The summed E-state index contributed by atoms with van der Waals surface area (Å²) in [5.41, 5.74) is 0. The Morgan fingerprint density at radius 2 is 1.25 bits per heavy atom. The standard InChI is InChI=1S/C2H4.CH3Si/c2*1-2/h1-2H2;1H3. The van der Waals surface area contributed by atoms with E-state index >= 15 is 0 Å². The highest BCUT2D eigenvalue weighted by molar-refractivity contribution is 6.05. The van der Waals surface area contributed by atoms with Gasteiger partial charge in [0.2, 0.25) is 0 Å². The van der Waals surface area contributed by atoms with Gasteiger partial charge in [0.05, 0.1) is 0 Å². The molecule has 0 aromatic carbocycles. The maximum atomic E-state index is 3.00. The summed E-state index contributed by atoms with van der Waals surface area (Å²) in [4.78, 5) is 0. The molecule has 0 saturated heterocycles. The molecule has 0 aromatic rings. The van der Waals surface area contributed by atoms with Gasteiger partial charge in [-0.3, -0.25) is 0 Å². The molecule has 0 atom stereocenters. The molecule has 0 N–H and O–H groups in total. The maximum Gasteiger partial charge on any atom is 0.0184 e. The zero-order chi connectivity index (χ0) is 4.00. The van der Waals surface area contributed by atoms with E-state index in [1.54, 1.807) is 6.55 Å². The van der Waals surface area contributed by atoms with Crippen molar-refractivity contribution in [3.63, 3.8) is 0 Å². The molecule has 4 heavy (non-hydrogen) atoms. The molecule has 0 rings (SSSR count). The molecule has 0 fully saturated rings. The minimum atomic E-state index is 1.81. The second-order valence-electron chi connectivity index (χ2n) is 0. The first-order chi connectivity index (χ1) is 2.00. The van der Waals surface area contributed by atoms with Crippen LogP contribution >= 0.6 is 0 Å². The van der Waals surface area contributed by atoms with E-state index in [4.69, 9.17) is 0 Å². The fraction of sp³-hybridized carbons (Fsp3) is 0.333. The average Bonchev–Trinajstić information content (AvgIpc) is 1.50. The van der Waals surface area contributed by atoms with Crippen molar-refractivity contribution >= 4 is 10.2 Å². The lowest BCUT2D eigenvalue weighted by Gasteiger charge is -1.03. The minimum Gasteiger partial charge on any atom is -0.106 e. The third kappa shape index (κ3) is 964. The van der Waals surface area contributed by atoms with Crippen molar-refractivity contribution in [2.45, 2.75) is 6.55 Å². The Hall–Kier alpha value is -0.0431. The second-order valence-corrected chi connectivity index (χ2v) is 0. The van der Waals surface area contributed by atoms with Crippen molar-refractivity contribution in [3.05, 3.63) is 13.2 Å². The lowest BCUT2D eigenvalue weighted by molar-refractivity contribution is 2.40. The molecule has 0 saturated carbocycles. The summed E-state index contributed by atoms with van der Waals surface area (Å²) in [5, 5.41) is 0. The fourth-order valence-electron chi connectivity index (χ4n) is 0. The van der Waals surface area contributed by atoms with Crippen LogP contribution in [0.4, 0.5) is 0 Å². The third-order valence-corrected chi connectivity index (χ3v) is 0. The second kappa shape index (κ2) is 6090. The van der Waals surface area contributed by atoms with Crippen LogP contribution in [0.15, 0.2) is 13.2 Å². The number of rotatable bonds is 0. The van der Waals surface area contributed by atoms with Crippen molar-refractivity contribution < 1.29 is 0 Å². The molecule has 0 aliphatic carbocycles. The van der Waals surface area contributed by atoms with Crippen molar-refractivity contribution in [2.24, 2.45) is 0 Å². The fourth-order valence-corrected chi connectivity index (χ4v) is 0. The molecule has 3 radical (unpaired) electrons. The monoisotopic (exact) mass is 71.0 g/mol. The van der Waals surface area contributed by atoms with Gasteiger partial charge in [0.15, 0.2) is 0 Å². The maximum absolute atomic E-state index is 3.00.